The van der Waals surface area contributed by atoms with E-state index in [9.17, 15) is 9.59 Å². The Kier molecular flexibility index (Phi) is 5.37. The van der Waals surface area contributed by atoms with Gasteiger partial charge in [0, 0.05) is 0 Å². The molecular weight excluding hydrogens is 196 g/mol. The number of esters is 2. The summed E-state index contributed by atoms with van der Waals surface area (Å²) in [7, 11) is 0. The molecule has 0 aromatic heterocycles. The highest BCUT2D eigenvalue weighted by atomic mass is 16.6. The van der Waals surface area contributed by atoms with Crippen LogP contribution in [0.15, 0.2) is 23.5 Å². The van der Waals surface area contributed by atoms with Gasteiger partial charge in [-0.3, -0.25) is 0 Å². The zero-order valence-corrected chi connectivity index (χ0v) is 9.55. The van der Waals surface area contributed by atoms with E-state index in [4.69, 9.17) is 9.47 Å². The first-order valence-corrected chi connectivity index (χ1v) is 4.62. The van der Waals surface area contributed by atoms with E-state index in [0.29, 0.717) is 5.57 Å². The fourth-order valence-corrected chi connectivity index (χ4v) is 0.904. The summed E-state index contributed by atoms with van der Waals surface area (Å²) in [5.74, 6) is -1.15. The number of carbonyl (C=O) groups excluding carboxylic acids is 2. The molecular formula is C11H16O4. The molecule has 0 unspecified atom stereocenters. The fraction of sp³-hybridized carbons (Fsp3) is 0.455. The lowest BCUT2D eigenvalue weighted by Crippen LogP contribution is -2.19. The molecule has 0 aliphatic rings. The smallest absolute Gasteiger partial charge is 0.350 e. The molecule has 0 aliphatic carbocycles. The number of ether oxygens (including phenoxy) is 2. The number of carbonyl (C=O) groups is 2. The van der Waals surface area contributed by atoms with Crippen molar-refractivity contribution in [3.05, 3.63) is 23.5 Å². The van der Waals surface area contributed by atoms with Crippen LogP contribution in [-0.4, -0.2) is 18.5 Å². The molecule has 15 heavy (non-hydrogen) atoms. The summed E-state index contributed by atoms with van der Waals surface area (Å²) in [6.45, 7) is 10.1. The summed E-state index contributed by atoms with van der Waals surface area (Å²) >= 11 is 0. The molecule has 0 saturated carbocycles. The van der Waals surface area contributed by atoms with Gasteiger partial charge >= 0.3 is 11.9 Å². The molecule has 0 heterocycles. The Labute approximate surface area is 89.6 Å². The molecule has 0 saturated heterocycles. The Morgan fingerprint density at radius 1 is 1.13 bits per heavy atom. The maximum atomic E-state index is 11.5. The lowest BCUT2D eigenvalue weighted by Gasteiger charge is -2.08. The standard InChI is InChI=1S/C11H16O4/c1-6-14-10(12)9(7(2)3)11(13)15-8(4)5/h4,6H2,1-3,5H3. The van der Waals surface area contributed by atoms with Crippen LogP contribution in [0.1, 0.15) is 27.7 Å². The molecule has 0 aromatic carbocycles. The Morgan fingerprint density at radius 3 is 2.00 bits per heavy atom. The van der Waals surface area contributed by atoms with Gasteiger partial charge in [0.1, 0.15) is 5.57 Å². The van der Waals surface area contributed by atoms with Gasteiger partial charge in [0.2, 0.25) is 0 Å². The molecule has 0 aliphatic heterocycles. The highest BCUT2D eigenvalue weighted by Gasteiger charge is 2.22. The summed E-state index contributed by atoms with van der Waals surface area (Å²) in [4.78, 5) is 22.9. The Bertz CT molecular complexity index is 309. The molecule has 0 aromatic rings. The van der Waals surface area contributed by atoms with E-state index in [1.807, 2.05) is 0 Å². The molecule has 4 heteroatoms. The summed E-state index contributed by atoms with van der Waals surface area (Å²) in [6, 6.07) is 0. The van der Waals surface area contributed by atoms with E-state index in [-0.39, 0.29) is 17.9 Å². The van der Waals surface area contributed by atoms with Crippen LogP contribution in [0.5, 0.6) is 0 Å². The van der Waals surface area contributed by atoms with Crippen LogP contribution >= 0.6 is 0 Å². The molecule has 84 valence electrons. The Morgan fingerprint density at radius 2 is 1.67 bits per heavy atom. The largest absolute Gasteiger partial charge is 0.462 e. The van der Waals surface area contributed by atoms with Gasteiger partial charge in [-0.1, -0.05) is 12.2 Å². The maximum Gasteiger partial charge on any atom is 0.350 e. The van der Waals surface area contributed by atoms with Gasteiger partial charge in [-0.05, 0) is 27.7 Å². The van der Waals surface area contributed by atoms with Crippen molar-refractivity contribution >= 4 is 11.9 Å². The second-order valence-electron chi connectivity index (χ2n) is 3.19. The number of hydrogen-bond donors (Lipinski definition) is 0. The molecule has 0 radical (unpaired) electrons. The molecule has 0 atom stereocenters. The second kappa shape index (κ2) is 6.01. The average Bonchev–Trinajstić information content (AvgIpc) is 2.01. The van der Waals surface area contributed by atoms with E-state index < -0.39 is 11.9 Å². The van der Waals surface area contributed by atoms with Crippen LogP contribution in [-0.2, 0) is 19.1 Å². The van der Waals surface area contributed by atoms with Gasteiger partial charge in [-0.2, -0.15) is 0 Å². The van der Waals surface area contributed by atoms with E-state index in [1.54, 1.807) is 20.8 Å². The fourth-order valence-electron chi connectivity index (χ4n) is 0.904. The summed E-state index contributed by atoms with van der Waals surface area (Å²) in [5, 5.41) is 0. The summed E-state index contributed by atoms with van der Waals surface area (Å²) in [5.41, 5.74) is 0.486. The van der Waals surface area contributed by atoms with Crippen LogP contribution in [0.2, 0.25) is 0 Å². The van der Waals surface area contributed by atoms with E-state index in [1.165, 1.54) is 6.92 Å². The minimum atomic E-state index is -0.721. The first kappa shape index (κ1) is 13.4. The SMILES string of the molecule is C=C(C)OC(=O)C(C(=O)OCC)=C(C)C. The van der Waals surface area contributed by atoms with Crippen molar-refractivity contribution in [3.8, 4) is 0 Å². The van der Waals surface area contributed by atoms with Crippen LogP contribution in [0, 0.1) is 0 Å². The van der Waals surface area contributed by atoms with Gasteiger partial charge in [0.25, 0.3) is 0 Å². The third kappa shape index (κ3) is 4.44. The van der Waals surface area contributed by atoms with Gasteiger partial charge in [-0.15, -0.1) is 0 Å². The quantitative estimate of drug-likeness (QED) is 0.235. The third-order valence-corrected chi connectivity index (χ3v) is 1.45. The highest BCUT2D eigenvalue weighted by Crippen LogP contribution is 2.10. The summed E-state index contributed by atoms with van der Waals surface area (Å²) < 4.78 is 9.49. The molecule has 0 fully saturated rings. The first-order valence-electron chi connectivity index (χ1n) is 4.62. The maximum absolute atomic E-state index is 11.5. The van der Waals surface area contributed by atoms with Crippen molar-refractivity contribution in [1.29, 1.82) is 0 Å². The lowest BCUT2D eigenvalue weighted by molar-refractivity contribution is -0.144. The first-order chi connectivity index (χ1) is 6.90. The zero-order valence-electron chi connectivity index (χ0n) is 9.55. The van der Waals surface area contributed by atoms with Crippen LogP contribution < -0.4 is 0 Å². The number of rotatable bonds is 4. The van der Waals surface area contributed by atoms with Crippen molar-refractivity contribution in [2.24, 2.45) is 0 Å². The van der Waals surface area contributed by atoms with E-state index in [2.05, 4.69) is 6.58 Å². The van der Waals surface area contributed by atoms with Crippen molar-refractivity contribution in [2.45, 2.75) is 27.7 Å². The molecule has 4 nitrogen and oxygen atoms in total. The second-order valence-corrected chi connectivity index (χ2v) is 3.19. The third-order valence-electron chi connectivity index (χ3n) is 1.45. The summed E-state index contributed by atoms with van der Waals surface area (Å²) in [6.07, 6.45) is 0. The lowest BCUT2D eigenvalue weighted by atomic mass is 10.1. The molecule has 0 N–H and O–H groups in total. The zero-order chi connectivity index (χ0) is 12.0. The highest BCUT2D eigenvalue weighted by molar-refractivity contribution is 6.14. The van der Waals surface area contributed by atoms with Gasteiger partial charge in [0.05, 0.1) is 12.4 Å². The minimum absolute atomic E-state index is 0.0696. The van der Waals surface area contributed by atoms with Crippen molar-refractivity contribution in [2.75, 3.05) is 6.61 Å². The van der Waals surface area contributed by atoms with Gasteiger partial charge < -0.3 is 9.47 Å². The Balaban J connectivity index is 4.85. The van der Waals surface area contributed by atoms with Gasteiger partial charge in [0.15, 0.2) is 0 Å². The number of allylic oxidation sites excluding steroid dienone is 2. The Hall–Kier alpha value is -1.58. The minimum Gasteiger partial charge on any atom is -0.462 e. The van der Waals surface area contributed by atoms with Crippen LogP contribution in [0.25, 0.3) is 0 Å². The predicted molar refractivity (Wildman–Crippen MR) is 55.9 cm³/mol. The molecule has 0 spiro atoms. The van der Waals surface area contributed by atoms with E-state index >= 15 is 0 Å². The number of hydrogen-bond acceptors (Lipinski definition) is 4. The topological polar surface area (TPSA) is 52.6 Å². The predicted octanol–water partition coefficient (Wildman–Crippen LogP) is 1.96. The van der Waals surface area contributed by atoms with Crippen molar-refractivity contribution in [1.82, 2.24) is 0 Å². The molecule has 0 bridgehead atoms. The van der Waals surface area contributed by atoms with Crippen molar-refractivity contribution < 1.29 is 19.1 Å². The van der Waals surface area contributed by atoms with Gasteiger partial charge in [-0.25, -0.2) is 9.59 Å². The molecule has 0 amide bonds. The average molecular weight is 212 g/mol. The molecule has 0 rings (SSSR count). The normalized spacial score (nSPS) is 9.07. The monoisotopic (exact) mass is 212 g/mol. The van der Waals surface area contributed by atoms with Crippen LogP contribution in [0.4, 0.5) is 0 Å². The van der Waals surface area contributed by atoms with Crippen molar-refractivity contribution in [3.63, 3.8) is 0 Å². The van der Waals surface area contributed by atoms with E-state index in [0.717, 1.165) is 0 Å². The van der Waals surface area contributed by atoms with Crippen LogP contribution in [0.3, 0.4) is 0 Å².